The fourth-order valence-corrected chi connectivity index (χ4v) is 3.29. The molecule has 2 aliphatic heterocycles. The van der Waals surface area contributed by atoms with E-state index in [9.17, 15) is 9.59 Å². The van der Waals surface area contributed by atoms with Crippen LogP contribution in [0.3, 0.4) is 0 Å². The molecule has 3 rings (SSSR count). The molecule has 1 fully saturated rings. The number of hydrogen-bond donors (Lipinski definition) is 1. The molecule has 0 bridgehead atoms. The van der Waals surface area contributed by atoms with Gasteiger partial charge in [0.2, 0.25) is 0 Å². The van der Waals surface area contributed by atoms with Gasteiger partial charge < -0.3 is 14.8 Å². The average molecular weight is 372 g/mol. The van der Waals surface area contributed by atoms with Gasteiger partial charge >= 0.3 is 6.03 Å². The number of aliphatic imine (C=N–C) groups is 1. The molecule has 2 heterocycles. The summed E-state index contributed by atoms with van der Waals surface area (Å²) in [6.45, 7) is 4.50. The first-order valence-electron chi connectivity index (χ1n) is 8.90. The Balaban J connectivity index is 1.81. The number of carbonyl (C=O) groups excluding carboxylic acids is 2. The third-order valence-electron chi connectivity index (χ3n) is 4.70. The monoisotopic (exact) mass is 372 g/mol. The van der Waals surface area contributed by atoms with Gasteiger partial charge in [0.15, 0.2) is 17.7 Å². The molecular formula is C19H24N4O4. The average Bonchev–Trinajstić information content (AvgIpc) is 3.11. The van der Waals surface area contributed by atoms with Crippen LogP contribution in [0.1, 0.15) is 19.4 Å². The second-order valence-corrected chi connectivity index (χ2v) is 6.15. The third kappa shape index (κ3) is 3.34. The van der Waals surface area contributed by atoms with Crippen LogP contribution in [0.2, 0.25) is 0 Å². The zero-order chi connectivity index (χ0) is 19.6. The predicted octanol–water partition coefficient (Wildman–Crippen LogP) is 1.72. The van der Waals surface area contributed by atoms with Crippen molar-refractivity contribution in [1.29, 1.82) is 0 Å². The highest BCUT2D eigenvalue weighted by molar-refractivity contribution is 6.07. The number of imide groups is 1. The summed E-state index contributed by atoms with van der Waals surface area (Å²) in [4.78, 5) is 32.4. The summed E-state index contributed by atoms with van der Waals surface area (Å²) >= 11 is 0. The Hall–Kier alpha value is -3.03. The van der Waals surface area contributed by atoms with Gasteiger partial charge in [0, 0.05) is 13.1 Å². The molecule has 0 aromatic heterocycles. The van der Waals surface area contributed by atoms with E-state index >= 15 is 0 Å². The maximum Gasteiger partial charge on any atom is 0.328 e. The van der Waals surface area contributed by atoms with Crippen LogP contribution in [0.25, 0.3) is 6.08 Å². The fourth-order valence-electron chi connectivity index (χ4n) is 3.29. The topological polar surface area (TPSA) is 83.5 Å². The standard InChI is InChI=1S/C19H24N4O4/c1-5-22-17-16(18(24)23(6-2)19(22)25)20-15(21-17)10-8-12-7-9-13(26-3)14(11-12)27-4/h7-11,16-17H,5-6H2,1-4H3,(H,20,21)/b10-8+. The zero-order valence-electron chi connectivity index (χ0n) is 15.9. The van der Waals surface area contributed by atoms with Gasteiger partial charge in [-0.25, -0.2) is 9.79 Å². The van der Waals surface area contributed by atoms with Crippen LogP contribution >= 0.6 is 0 Å². The van der Waals surface area contributed by atoms with Crippen LogP contribution in [0, 0.1) is 0 Å². The third-order valence-corrected chi connectivity index (χ3v) is 4.70. The molecule has 1 aromatic rings. The van der Waals surface area contributed by atoms with Crippen molar-refractivity contribution in [3.63, 3.8) is 0 Å². The number of nitrogens with zero attached hydrogens (tertiary/aromatic N) is 3. The molecule has 0 aliphatic carbocycles. The van der Waals surface area contributed by atoms with Crippen LogP contribution in [-0.2, 0) is 4.79 Å². The lowest BCUT2D eigenvalue weighted by Gasteiger charge is -2.39. The smallest absolute Gasteiger partial charge is 0.328 e. The molecule has 8 nitrogen and oxygen atoms in total. The molecular weight excluding hydrogens is 348 g/mol. The SMILES string of the molecule is CCN1C(=O)C2NC(/C=C/c3ccc(OC)c(OC)c3)=NC2N(CC)C1=O. The highest BCUT2D eigenvalue weighted by Crippen LogP contribution is 2.28. The molecule has 2 unspecified atom stereocenters. The maximum atomic E-state index is 12.6. The Labute approximate surface area is 158 Å². The summed E-state index contributed by atoms with van der Waals surface area (Å²) in [5, 5.41) is 3.14. The number of amides is 3. The van der Waals surface area contributed by atoms with E-state index < -0.39 is 12.2 Å². The van der Waals surface area contributed by atoms with Crippen LogP contribution in [-0.4, -0.2) is 67.1 Å². The van der Waals surface area contributed by atoms with E-state index in [2.05, 4.69) is 10.3 Å². The number of methoxy groups -OCH3 is 2. The highest BCUT2D eigenvalue weighted by Gasteiger charge is 2.48. The second-order valence-electron chi connectivity index (χ2n) is 6.15. The van der Waals surface area contributed by atoms with E-state index in [-0.39, 0.29) is 11.9 Å². The first kappa shape index (κ1) is 18.8. The van der Waals surface area contributed by atoms with Gasteiger partial charge in [0.25, 0.3) is 5.91 Å². The van der Waals surface area contributed by atoms with Gasteiger partial charge in [-0.05, 0) is 37.6 Å². The fraction of sp³-hybridized carbons (Fsp3) is 0.421. The van der Waals surface area contributed by atoms with Crippen LogP contribution in [0.4, 0.5) is 4.79 Å². The molecule has 2 aliphatic rings. The van der Waals surface area contributed by atoms with Crippen LogP contribution < -0.4 is 14.8 Å². The lowest BCUT2D eigenvalue weighted by atomic mass is 10.1. The normalized spacial score (nSPS) is 22.0. The van der Waals surface area contributed by atoms with E-state index in [4.69, 9.17) is 9.47 Å². The van der Waals surface area contributed by atoms with E-state index in [1.807, 2.05) is 31.2 Å². The Kier molecular flexibility index (Phi) is 5.34. The first-order chi connectivity index (χ1) is 13.0. The summed E-state index contributed by atoms with van der Waals surface area (Å²) in [5.41, 5.74) is 0.900. The minimum absolute atomic E-state index is 0.240. The number of carbonyl (C=O) groups is 2. The molecule has 2 atom stereocenters. The van der Waals surface area contributed by atoms with E-state index in [1.54, 1.807) is 32.1 Å². The summed E-state index contributed by atoms with van der Waals surface area (Å²) in [7, 11) is 3.17. The molecule has 0 saturated carbocycles. The Morgan fingerprint density at radius 1 is 1.11 bits per heavy atom. The summed E-state index contributed by atoms with van der Waals surface area (Å²) in [6.07, 6.45) is 3.15. The molecule has 0 radical (unpaired) electrons. The van der Waals surface area contributed by atoms with E-state index in [0.29, 0.717) is 30.4 Å². The maximum absolute atomic E-state index is 12.6. The van der Waals surface area contributed by atoms with E-state index in [0.717, 1.165) is 5.56 Å². The van der Waals surface area contributed by atoms with Crippen molar-refractivity contribution in [3.05, 3.63) is 29.8 Å². The number of urea groups is 1. The van der Waals surface area contributed by atoms with Crippen molar-refractivity contribution in [2.45, 2.75) is 26.1 Å². The van der Waals surface area contributed by atoms with Gasteiger partial charge in [-0.3, -0.25) is 14.6 Å². The first-order valence-corrected chi connectivity index (χ1v) is 8.90. The number of ether oxygens (including phenoxy) is 2. The Morgan fingerprint density at radius 2 is 1.85 bits per heavy atom. The van der Waals surface area contributed by atoms with Crippen molar-refractivity contribution in [3.8, 4) is 11.5 Å². The number of rotatable bonds is 6. The minimum atomic E-state index is -0.548. The lowest BCUT2D eigenvalue weighted by Crippen LogP contribution is -2.65. The highest BCUT2D eigenvalue weighted by atomic mass is 16.5. The number of likely N-dealkylation sites (N-methyl/N-ethyl adjacent to an activating group) is 2. The van der Waals surface area contributed by atoms with Crippen molar-refractivity contribution < 1.29 is 19.1 Å². The van der Waals surface area contributed by atoms with Gasteiger partial charge in [0.1, 0.15) is 11.9 Å². The summed E-state index contributed by atoms with van der Waals surface area (Å²) in [5.74, 6) is 1.61. The van der Waals surface area contributed by atoms with Crippen molar-refractivity contribution in [1.82, 2.24) is 15.1 Å². The van der Waals surface area contributed by atoms with Crippen molar-refractivity contribution in [2.75, 3.05) is 27.3 Å². The lowest BCUT2D eigenvalue weighted by molar-refractivity contribution is -0.134. The number of hydrogen-bond acceptors (Lipinski definition) is 6. The Bertz CT molecular complexity index is 805. The van der Waals surface area contributed by atoms with Crippen molar-refractivity contribution >= 4 is 23.8 Å². The number of fused-ring (bicyclic) bond motifs is 1. The molecule has 0 spiro atoms. The molecule has 8 heteroatoms. The summed E-state index contributed by atoms with van der Waals surface area (Å²) in [6, 6.07) is 4.73. The van der Waals surface area contributed by atoms with Crippen LogP contribution in [0.5, 0.6) is 11.5 Å². The molecule has 27 heavy (non-hydrogen) atoms. The molecule has 144 valence electrons. The Morgan fingerprint density at radius 3 is 2.48 bits per heavy atom. The van der Waals surface area contributed by atoms with E-state index in [1.165, 1.54) is 4.90 Å². The van der Waals surface area contributed by atoms with Gasteiger partial charge in [-0.15, -0.1) is 0 Å². The molecule has 1 N–H and O–H groups in total. The molecule has 3 amide bonds. The molecule has 1 aromatic carbocycles. The van der Waals surface area contributed by atoms with Crippen LogP contribution in [0.15, 0.2) is 29.3 Å². The van der Waals surface area contributed by atoms with Gasteiger partial charge in [-0.1, -0.05) is 12.1 Å². The minimum Gasteiger partial charge on any atom is -0.493 e. The number of amidine groups is 1. The number of nitrogens with one attached hydrogen (secondary N) is 1. The van der Waals surface area contributed by atoms with Gasteiger partial charge in [0.05, 0.1) is 14.2 Å². The zero-order valence-corrected chi connectivity index (χ0v) is 15.9. The molecule has 1 saturated heterocycles. The second kappa shape index (κ2) is 7.69. The quantitative estimate of drug-likeness (QED) is 0.822. The predicted molar refractivity (Wildman–Crippen MR) is 102 cm³/mol. The number of benzene rings is 1. The summed E-state index contributed by atoms with van der Waals surface area (Å²) < 4.78 is 10.5. The van der Waals surface area contributed by atoms with Crippen molar-refractivity contribution in [2.24, 2.45) is 4.99 Å². The largest absolute Gasteiger partial charge is 0.493 e. The van der Waals surface area contributed by atoms with Gasteiger partial charge in [-0.2, -0.15) is 0 Å².